The quantitative estimate of drug-likeness (QED) is 0.816. The smallest absolute Gasteiger partial charge is 0.304 e. The van der Waals surface area contributed by atoms with E-state index in [1.54, 1.807) is 6.20 Å². The fourth-order valence-corrected chi connectivity index (χ4v) is 1.95. The van der Waals surface area contributed by atoms with Crippen molar-refractivity contribution in [3.05, 3.63) is 29.6 Å². The summed E-state index contributed by atoms with van der Waals surface area (Å²) in [5, 5.41) is 8.75. The predicted octanol–water partition coefficient (Wildman–Crippen LogP) is 1.83. The molecular weight excluding hydrogens is 216 g/mol. The lowest BCUT2D eigenvalue weighted by Crippen LogP contribution is -2.28. The number of carboxylic acids is 1. The number of hydrogen-bond donors (Lipinski definition) is 1. The van der Waals surface area contributed by atoms with E-state index in [2.05, 4.69) is 16.8 Å². The molecule has 1 aromatic rings. The number of nitrogens with zero attached hydrogens (tertiary/aromatic N) is 2. The molecule has 2 rings (SSSR count). The molecule has 4 heteroatoms. The van der Waals surface area contributed by atoms with Gasteiger partial charge in [0.15, 0.2) is 0 Å². The molecular formula is C13H18N2O2. The van der Waals surface area contributed by atoms with E-state index in [1.807, 2.05) is 12.3 Å². The van der Waals surface area contributed by atoms with Crippen molar-refractivity contribution in [2.75, 3.05) is 6.54 Å². The Morgan fingerprint density at radius 2 is 2.35 bits per heavy atom. The average molecular weight is 234 g/mol. The lowest BCUT2D eigenvalue weighted by atomic mass is 10.1. The third-order valence-corrected chi connectivity index (χ3v) is 3.20. The van der Waals surface area contributed by atoms with Crippen molar-refractivity contribution in [2.45, 2.75) is 38.8 Å². The third-order valence-electron chi connectivity index (χ3n) is 3.20. The topological polar surface area (TPSA) is 53.4 Å². The van der Waals surface area contributed by atoms with E-state index >= 15 is 0 Å². The number of aliphatic carboxylic acids is 1. The van der Waals surface area contributed by atoms with Gasteiger partial charge in [-0.1, -0.05) is 0 Å². The van der Waals surface area contributed by atoms with E-state index in [0.29, 0.717) is 12.6 Å². The second kappa shape index (κ2) is 5.27. The summed E-state index contributed by atoms with van der Waals surface area (Å²) in [7, 11) is 0. The molecule has 0 aliphatic heterocycles. The summed E-state index contributed by atoms with van der Waals surface area (Å²) in [5.41, 5.74) is 2.42. The van der Waals surface area contributed by atoms with Crippen LogP contribution in [0.4, 0.5) is 0 Å². The zero-order chi connectivity index (χ0) is 12.3. The van der Waals surface area contributed by atoms with Crippen LogP contribution in [-0.2, 0) is 11.3 Å². The maximum atomic E-state index is 10.6. The minimum Gasteiger partial charge on any atom is -0.481 e. The maximum absolute atomic E-state index is 10.6. The van der Waals surface area contributed by atoms with Gasteiger partial charge in [0.1, 0.15) is 0 Å². The van der Waals surface area contributed by atoms with Crippen LogP contribution in [0.15, 0.2) is 18.5 Å². The Labute approximate surface area is 101 Å². The Balaban J connectivity index is 1.97. The van der Waals surface area contributed by atoms with Crippen LogP contribution in [0.3, 0.4) is 0 Å². The van der Waals surface area contributed by atoms with Crippen molar-refractivity contribution in [2.24, 2.45) is 0 Å². The Bertz CT molecular complexity index is 402. The first-order valence-corrected chi connectivity index (χ1v) is 6.02. The molecule has 0 unspecified atom stereocenters. The molecule has 4 nitrogen and oxygen atoms in total. The van der Waals surface area contributed by atoms with Crippen molar-refractivity contribution in [1.82, 2.24) is 9.88 Å². The van der Waals surface area contributed by atoms with Crippen molar-refractivity contribution in [1.29, 1.82) is 0 Å². The second-order valence-corrected chi connectivity index (χ2v) is 4.65. The molecule has 0 amide bonds. The van der Waals surface area contributed by atoms with E-state index in [4.69, 9.17) is 5.11 Å². The summed E-state index contributed by atoms with van der Waals surface area (Å²) in [6.45, 7) is 3.52. The summed E-state index contributed by atoms with van der Waals surface area (Å²) >= 11 is 0. The Hall–Kier alpha value is -1.42. The van der Waals surface area contributed by atoms with Gasteiger partial charge < -0.3 is 5.11 Å². The third kappa shape index (κ3) is 3.53. The molecule has 1 N–H and O–H groups in total. The Morgan fingerprint density at radius 3 is 2.94 bits per heavy atom. The molecule has 0 spiro atoms. The van der Waals surface area contributed by atoms with E-state index in [0.717, 1.165) is 6.54 Å². The predicted molar refractivity (Wildman–Crippen MR) is 64.7 cm³/mol. The highest BCUT2D eigenvalue weighted by Crippen LogP contribution is 2.28. The molecule has 1 aromatic heterocycles. The van der Waals surface area contributed by atoms with Crippen LogP contribution in [-0.4, -0.2) is 33.5 Å². The Morgan fingerprint density at radius 1 is 1.59 bits per heavy atom. The number of rotatable bonds is 6. The van der Waals surface area contributed by atoms with E-state index in [9.17, 15) is 4.79 Å². The van der Waals surface area contributed by atoms with Crippen molar-refractivity contribution < 1.29 is 9.90 Å². The van der Waals surface area contributed by atoms with Crippen LogP contribution in [0.2, 0.25) is 0 Å². The van der Waals surface area contributed by atoms with Gasteiger partial charge in [0.05, 0.1) is 6.42 Å². The molecule has 1 aliphatic carbocycles. The molecule has 0 atom stereocenters. The standard InChI is InChI=1S/C13H18N2O2/c1-10-4-6-14-8-11(10)9-15(12-2-3-12)7-5-13(16)17/h4,6,8,12H,2-3,5,7,9H2,1H3,(H,16,17). The van der Waals surface area contributed by atoms with Gasteiger partial charge in [-0.3, -0.25) is 14.7 Å². The minimum absolute atomic E-state index is 0.218. The second-order valence-electron chi connectivity index (χ2n) is 4.65. The molecule has 1 heterocycles. The number of pyridine rings is 1. The number of aromatic nitrogens is 1. The zero-order valence-electron chi connectivity index (χ0n) is 10.1. The first-order valence-electron chi connectivity index (χ1n) is 6.02. The van der Waals surface area contributed by atoms with Gasteiger partial charge in [-0.25, -0.2) is 0 Å². The van der Waals surface area contributed by atoms with Gasteiger partial charge in [-0.2, -0.15) is 0 Å². The number of carboxylic acid groups (broad SMARTS) is 1. The Kier molecular flexibility index (Phi) is 3.74. The zero-order valence-corrected chi connectivity index (χ0v) is 10.1. The van der Waals surface area contributed by atoms with Gasteiger partial charge in [0, 0.05) is 31.5 Å². The SMILES string of the molecule is Cc1ccncc1CN(CCC(=O)O)C1CC1. The highest BCUT2D eigenvalue weighted by atomic mass is 16.4. The summed E-state index contributed by atoms with van der Waals surface area (Å²) in [6, 6.07) is 2.58. The number of hydrogen-bond acceptors (Lipinski definition) is 3. The number of carbonyl (C=O) groups is 1. The lowest BCUT2D eigenvalue weighted by molar-refractivity contribution is -0.137. The first-order chi connectivity index (χ1) is 8.16. The van der Waals surface area contributed by atoms with Crippen molar-refractivity contribution >= 4 is 5.97 Å². The molecule has 1 aliphatic rings. The fraction of sp³-hybridized carbons (Fsp3) is 0.538. The summed E-state index contributed by atoms with van der Waals surface area (Å²) in [6.07, 6.45) is 6.27. The number of aryl methyl sites for hydroxylation is 1. The summed E-state index contributed by atoms with van der Waals surface area (Å²) in [5.74, 6) is -0.724. The summed E-state index contributed by atoms with van der Waals surface area (Å²) in [4.78, 5) is 17.0. The van der Waals surface area contributed by atoms with E-state index in [-0.39, 0.29) is 6.42 Å². The van der Waals surface area contributed by atoms with Crippen LogP contribution in [0.25, 0.3) is 0 Å². The molecule has 0 saturated heterocycles. The maximum Gasteiger partial charge on any atom is 0.304 e. The molecule has 1 fully saturated rings. The first kappa shape index (κ1) is 12.0. The van der Waals surface area contributed by atoms with Gasteiger partial charge in [0.25, 0.3) is 0 Å². The molecule has 17 heavy (non-hydrogen) atoms. The van der Waals surface area contributed by atoms with Crippen LogP contribution in [0.5, 0.6) is 0 Å². The van der Waals surface area contributed by atoms with Gasteiger partial charge >= 0.3 is 5.97 Å². The largest absolute Gasteiger partial charge is 0.481 e. The van der Waals surface area contributed by atoms with Gasteiger partial charge in [-0.15, -0.1) is 0 Å². The van der Waals surface area contributed by atoms with Gasteiger partial charge in [-0.05, 0) is 37.0 Å². The molecule has 0 aromatic carbocycles. The summed E-state index contributed by atoms with van der Waals surface area (Å²) < 4.78 is 0. The van der Waals surface area contributed by atoms with Crippen LogP contribution in [0, 0.1) is 6.92 Å². The fourth-order valence-electron chi connectivity index (χ4n) is 1.95. The highest BCUT2D eigenvalue weighted by molar-refractivity contribution is 5.66. The lowest BCUT2D eigenvalue weighted by Gasteiger charge is -2.21. The normalized spacial score (nSPS) is 15.2. The van der Waals surface area contributed by atoms with Gasteiger partial charge in [0.2, 0.25) is 0 Å². The van der Waals surface area contributed by atoms with Crippen molar-refractivity contribution in [3.8, 4) is 0 Å². The van der Waals surface area contributed by atoms with Crippen molar-refractivity contribution in [3.63, 3.8) is 0 Å². The van der Waals surface area contributed by atoms with E-state index in [1.165, 1.54) is 24.0 Å². The molecule has 1 saturated carbocycles. The molecule has 0 bridgehead atoms. The minimum atomic E-state index is -0.724. The van der Waals surface area contributed by atoms with E-state index < -0.39 is 5.97 Å². The van der Waals surface area contributed by atoms with Crippen LogP contribution < -0.4 is 0 Å². The highest BCUT2D eigenvalue weighted by Gasteiger charge is 2.29. The average Bonchev–Trinajstić information content (AvgIpc) is 3.10. The van der Waals surface area contributed by atoms with Crippen LogP contribution in [0.1, 0.15) is 30.4 Å². The monoisotopic (exact) mass is 234 g/mol. The molecule has 92 valence electrons. The van der Waals surface area contributed by atoms with Crippen LogP contribution >= 0.6 is 0 Å². The molecule has 0 radical (unpaired) electrons.